The zero-order chi connectivity index (χ0) is 14.7. The molecule has 2 aliphatic rings. The third-order valence-electron chi connectivity index (χ3n) is 4.54. The van der Waals surface area contributed by atoms with E-state index in [4.69, 9.17) is 0 Å². The Bertz CT molecular complexity index is 558. The number of hydrogen-bond acceptors (Lipinski definition) is 4. The first-order valence-electron chi connectivity index (χ1n) is 7.71. The van der Waals surface area contributed by atoms with Crippen molar-refractivity contribution in [1.29, 1.82) is 0 Å². The van der Waals surface area contributed by atoms with Crippen molar-refractivity contribution in [1.82, 2.24) is 14.9 Å². The predicted molar refractivity (Wildman–Crippen MR) is 82.3 cm³/mol. The molecule has 0 aromatic carbocycles. The van der Waals surface area contributed by atoms with Gasteiger partial charge in [0, 0.05) is 24.8 Å². The van der Waals surface area contributed by atoms with Gasteiger partial charge in [0.25, 0.3) is 5.56 Å². The number of aromatic nitrogens is 2. The molecule has 2 heterocycles. The molecule has 0 radical (unpaired) electrons. The molecule has 1 aromatic rings. The van der Waals surface area contributed by atoms with E-state index in [1.54, 1.807) is 0 Å². The van der Waals surface area contributed by atoms with Gasteiger partial charge in [-0.2, -0.15) is 0 Å². The molecule has 1 aromatic heterocycles. The van der Waals surface area contributed by atoms with Gasteiger partial charge >= 0.3 is 0 Å². The van der Waals surface area contributed by atoms with Crippen molar-refractivity contribution in [3.05, 3.63) is 22.6 Å². The molecule has 2 atom stereocenters. The predicted octanol–water partition coefficient (Wildman–Crippen LogP) is 2.04. The Labute approximate surface area is 128 Å². The largest absolute Gasteiger partial charge is 0.339 e. The monoisotopic (exact) mass is 307 g/mol. The number of fused-ring (bicyclic) bond motifs is 1. The van der Waals surface area contributed by atoms with Gasteiger partial charge in [0.1, 0.15) is 0 Å². The lowest BCUT2D eigenvalue weighted by Crippen LogP contribution is -2.50. The first-order chi connectivity index (χ1) is 10.2. The molecule has 0 unspecified atom stereocenters. The second-order valence-electron chi connectivity index (χ2n) is 5.87. The number of thioether (sulfide) groups is 1. The van der Waals surface area contributed by atoms with Gasteiger partial charge in [0.05, 0.1) is 5.75 Å². The van der Waals surface area contributed by atoms with Gasteiger partial charge in [0.15, 0.2) is 5.16 Å². The van der Waals surface area contributed by atoms with E-state index < -0.39 is 0 Å². The van der Waals surface area contributed by atoms with Crippen LogP contribution in [0.15, 0.2) is 22.2 Å². The Morgan fingerprint density at radius 2 is 2.14 bits per heavy atom. The normalized spacial score (nSPS) is 25.4. The molecular formula is C15H21N3O2S. The van der Waals surface area contributed by atoms with E-state index in [0.717, 1.165) is 19.4 Å². The van der Waals surface area contributed by atoms with Gasteiger partial charge in [-0.3, -0.25) is 9.59 Å². The number of piperidine rings is 1. The van der Waals surface area contributed by atoms with Crippen LogP contribution in [-0.4, -0.2) is 39.1 Å². The van der Waals surface area contributed by atoms with Crippen molar-refractivity contribution < 1.29 is 4.79 Å². The van der Waals surface area contributed by atoms with E-state index in [9.17, 15) is 9.59 Å². The van der Waals surface area contributed by atoms with Crippen LogP contribution in [0, 0.1) is 5.92 Å². The molecule has 5 nitrogen and oxygen atoms in total. The van der Waals surface area contributed by atoms with E-state index in [-0.39, 0.29) is 11.5 Å². The molecule has 2 fully saturated rings. The summed E-state index contributed by atoms with van der Waals surface area (Å²) >= 11 is 1.32. The van der Waals surface area contributed by atoms with Crippen molar-refractivity contribution >= 4 is 17.7 Å². The van der Waals surface area contributed by atoms with Crippen molar-refractivity contribution in [3.8, 4) is 0 Å². The summed E-state index contributed by atoms with van der Waals surface area (Å²) in [4.78, 5) is 32.5. The van der Waals surface area contributed by atoms with E-state index in [0.29, 0.717) is 22.9 Å². The maximum atomic E-state index is 12.5. The Morgan fingerprint density at radius 3 is 3.00 bits per heavy atom. The maximum absolute atomic E-state index is 12.5. The first kappa shape index (κ1) is 14.6. The van der Waals surface area contributed by atoms with Gasteiger partial charge in [-0.1, -0.05) is 24.6 Å². The van der Waals surface area contributed by atoms with Gasteiger partial charge in [-0.15, -0.1) is 0 Å². The molecule has 1 N–H and O–H groups in total. The number of H-pyrrole nitrogens is 1. The van der Waals surface area contributed by atoms with Crippen LogP contribution in [0.4, 0.5) is 0 Å². The standard InChI is InChI=1S/C15H21N3O2S/c19-13-7-8-16-15(17-13)21-10-14(20)18-9-3-5-11-4-1-2-6-12(11)18/h7-8,11-12H,1-6,9-10H2,(H,16,17,19)/t11-,12-/m1/s1. The summed E-state index contributed by atoms with van der Waals surface area (Å²) in [6, 6.07) is 1.83. The zero-order valence-electron chi connectivity index (χ0n) is 12.1. The minimum absolute atomic E-state index is 0.176. The van der Waals surface area contributed by atoms with Crippen LogP contribution >= 0.6 is 11.8 Å². The summed E-state index contributed by atoms with van der Waals surface area (Å²) < 4.78 is 0. The Balaban J connectivity index is 1.60. The molecule has 1 saturated heterocycles. The Kier molecular flexibility index (Phi) is 4.63. The summed E-state index contributed by atoms with van der Waals surface area (Å²) in [7, 11) is 0. The number of likely N-dealkylation sites (tertiary alicyclic amines) is 1. The average Bonchev–Trinajstić information content (AvgIpc) is 2.52. The van der Waals surface area contributed by atoms with Gasteiger partial charge in [-0.25, -0.2) is 4.98 Å². The van der Waals surface area contributed by atoms with Crippen LogP contribution in [-0.2, 0) is 4.79 Å². The number of carbonyl (C=O) groups is 1. The number of aromatic amines is 1. The molecule has 1 aliphatic carbocycles. The fraction of sp³-hybridized carbons (Fsp3) is 0.667. The molecule has 0 bridgehead atoms. The van der Waals surface area contributed by atoms with Crippen molar-refractivity contribution in [2.24, 2.45) is 5.92 Å². The first-order valence-corrected chi connectivity index (χ1v) is 8.70. The van der Waals surface area contributed by atoms with Gasteiger partial charge in [0.2, 0.25) is 5.91 Å². The Morgan fingerprint density at radius 1 is 1.33 bits per heavy atom. The van der Waals surface area contributed by atoms with Crippen LogP contribution in [0.1, 0.15) is 38.5 Å². The van der Waals surface area contributed by atoms with Gasteiger partial charge in [-0.05, 0) is 31.6 Å². The molecule has 1 amide bonds. The number of carbonyl (C=O) groups excluding carboxylic acids is 1. The van der Waals surface area contributed by atoms with Crippen molar-refractivity contribution in [3.63, 3.8) is 0 Å². The summed E-state index contributed by atoms with van der Waals surface area (Å²) in [5, 5.41) is 0.521. The van der Waals surface area contributed by atoms with Crippen LogP contribution in [0.3, 0.4) is 0 Å². The molecular weight excluding hydrogens is 286 g/mol. The number of amides is 1. The summed E-state index contributed by atoms with van der Waals surface area (Å²) in [6.07, 6.45) is 8.85. The van der Waals surface area contributed by atoms with E-state index in [1.165, 1.54) is 49.7 Å². The van der Waals surface area contributed by atoms with Crippen LogP contribution in [0.5, 0.6) is 0 Å². The van der Waals surface area contributed by atoms with E-state index >= 15 is 0 Å². The molecule has 6 heteroatoms. The number of rotatable bonds is 3. The lowest BCUT2D eigenvalue weighted by Gasteiger charge is -2.44. The number of nitrogens with one attached hydrogen (secondary N) is 1. The molecule has 0 spiro atoms. The molecule has 21 heavy (non-hydrogen) atoms. The molecule has 1 saturated carbocycles. The highest BCUT2D eigenvalue weighted by molar-refractivity contribution is 7.99. The van der Waals surface area contributed by atoms with Crippen molar-refractivity contribution in [2.45, 2.75) is 49.7 Å². The highest BCUT2D eigenvalue weighted by Crippen LogP contribution is 2.35. The fourth-order valence-corrected chi connectivity index (χ4v) is 4.31. The second kappa shape index (κ2) is 6.64. The zero-order valence-corrected chi connectivity index (χ0v) is 12.9. The topological polar surface area (TPSA) is 66.1 Å². The summed E-state index contributed by atoms with van der Waals surface area (Å²) in [5.74, 6) is 1.25. The maximum Gasteiger partial charge on any atom is 0.251 e. The third-order valence-corrected chi connectivity index (χ3v) is 5.42. The van der Waals surface area contributed by atoms with E-state index in [1.807, 2.05) is 0 Å². The number of hydrogen-bond donors (Lipinski definition) is 1. The molecule has 114 valence electrons. The minimum atomic E-state index is -0.176. The number of nitrogens with zero attached hydrogens (tertiary/aromatic N) is 2. The van der Waals surface area contributed by atoms with Crippen molar-refractivity contribution in [2.75, 3.05) is 12.3 Å². The third kappa shape index (κ3) is 3.48. The second-order valence-corrected chi connectivity index (χ2v) is 6.83. The van der Waals surface area contributed by atoms with Crippen LogP contribution < -0.4 is 5.56 Å². The highest BCUT2D eigenvalue weighted by atomic mass is 32.2. The summed E-state index contributed by atoms with van der Waals surface area (Å²) in [5.41, 5.74) is -0.176. The summed E-state index contributed by atoms with van der Waals surface area (Å²) in [6.45, 7) is 0.888. The average molecular weight is 307 g/mol. The van der Waals surface area contributed by atoms with E-state index in [2.05, 4.69) is 14.9 Å². The van der Waals surface area contributed by atoms with Crippen LogP contribution in [0.2, 0.25) is 0 Å². The Hall–Kier alpha value is -1.30. The molecule has 3 rings (SSSR count). The lowest BCUT2D eigenvalue weighted by molar-refractivity contribution is -0.134. The van der Waals surface area contributed by atoms with Gasteiger partial charge < -0.3 is 9.88 Å². The quantitative estimate of drug-likeness (QED) is 0.685. The SMILES string of the molecule is O=C(CSc1nccc(=O)[nH]1)N1CCC[C@H]2CCCC[C@H]21. The lowest BCUT2D eigenvalue weighted by atomic mass is 9.78. The minimum Gasteiger partial charge on any atom is -0.339 e. The fourth-order valence-electron chi connectivity index (χ4n) is 3.57. The molecule has 1 aliphatic heterocycles. The highest BCUT2D eigenvalue weighted by Gasteiger charge is 2.35. The smallest absolute Gasteiger partial charge is 0.251 e. The van der Waals surface area contributed by atoms with Crippen LogP contribution in [0.25, 0.3) is 0 Å².